The molecule has 4 fully saturated rings. The highest BCUT2D eigenvalue weighted by atomic mass is 16.5. The molecule has 2 aromatic heterocycles. The Kier molecular flexibility index (Phi) is 9.88. The fraction of sp³-hybridized carbons (Fsp3) is 0.773. The molecule has 11 atom stereocenters. The van der Waals surface area contributed by atoms with Crippen molar-refractivity contribution in [3.05, 3.63) is 42.5 Å². The molecular formula is C44H67N5O4. The highest BCUT2D eigenvalue weighted by Gasteiger charge is 2.72. The van der Waals surface area contributed by atoms with Gasteiger partial charge in [0.25, 0.3) is 0 Å². The zero-order chi connectivity index (χ0) is 38.2. The first kappa shape index (κ1) is 38.6. The summed E-state index contributed by atoms with van der Waals surface area (Å²) in [6.07, 6.45) is 15.5. The number of allylic oxidation sites excluding steroid dienone is 1. The maximum Gasteiger partial charge on any atom is 0.307 e. The highest BCUT2D eigenvalue weighted by molar-refractivity contribution is 5.73. The van der Waals surface area contributed by atoms with Crippen molar-refractivity contribution in [3.63, 3.8) is 0 Å². The van der Waals surface area contributed by atoms with Crippen LogP contribution < -0.4 is 5.32 Å². The predicted molar refractivity (Wildman–Crippen MR) is 208 cm³/mol. The third-order valence-corrected chi connectivity index (χ3v) is 17.3. The molecule has 9 nitrogen and oxygen atoms in total. The summed E-state index contributed by atoms with van der Waals surface area (Å²) in [6, 6.07) is 3.97. The molecule has 292 valence electrons. The van der Waals surface area contributed by atoms with Gasteiger partial charge >= 0.3 is 5.97 Å². The van der Waals surface area contributed by atoms with Crippen LogP contribution in [0.25, 0.3) is 11.4 Å². The van der Waals surface area contributed by atoms with Crippen LogP contribution in [0.3, 0.4) is 0 Å². The van der Waals surface area contributed by atoms with Crippen molar-refractivity contribution in [2.45, 2.75) is 131 Å². The molecule has 0 radical (unpaired) electrons. The monoisotopic (exact) mass is 730 g/mol. The standard InChI is InChI=1S/C44H67N5O4/c1-11-43(12-2,45-10)25-53-36-33(49-37(47-27-48-49)30-16-21-46-22-17-30)23-44-26-52-24-40(36,7)34(44)14-13-31-32(44)15-18-42(9)35(38(50)51)39(6,29(5)28(3)4)19-20-41(31,42)8/h15-17,21-22,27-29,31,33-36,45H,11-14,18-20,23-26H2,1-10H3,(H,50,51)/t29-,31+,33-,34+,35-,36+,39-,40+,41-,42+,44?/m1/s1. The van der Waals surface area contributed by atoms with Crippen molar-refractivity contribution in [2.24, 2.45) is 56.7 Å². The summed E-state index contributed by atoms with van der Waals surface area (Å²) in [6.45, 7) is 22.8. The maximum absolute atomic E-state index is 13.6. The Labute approximate surface area is 318 Å². The second-order valence-electron chi connectivity index (χ2n) is 19.4. The molecule has 3 heterocycles. The number of aliphatic carboxylic acids is 1. The first-order valence-corrected chi connectivity index (χ1v) is 20.7. The van der Waals surface area contributed by atoms with Gasteiger partial charge in [-0.3, -0.25) is 9.78 Å². The molecule has 5 aliphatic rings. The van der Waals surface area contributed by atoms with Gasteiger partial charge in [-0.1, -0.05) is 74.0 Å². The lowest BCUT2D eigenvalue weighted by molar-refractivity contribution is -0.252. The Morgan fingerprint density at radius 1 is 1.08 bits per heavy atom. The van der Waals surface area contributed by atoms with Crippen molar-refractivity contribution < 1.29 is 19.4 Å². The lowest BCUT2D eigenvalue weighted by Gasteiger charge is -2.71. The minimum atomic E-state index is -0.616. The number of hydrogen-bond acceptors (Lipinski definition) is 7. The van der Waals surface area contributed by atoms with Gasteiger partial charge in [0.2, 0.25) is 0 Å². The normalized spacial score (nSPS) is 40.1. The molecule has 0 amide bonds. The molecule has 2 aromatic rings. The molecule has 53 heavy (non-hydrogen) atoms. The van der Waals surface area contributed by atoms with Crippen LogP contribution in [0.4, 0.5) is 0 Å². The average molecular weight is 730 g/mol. The number of ether oxygens (including phenoxy) is 2. The smallest absolute Gasteiger partial charge is 0.307 e. The van der Waals surface area contributed by atoms with Crippen molar-refractivity contribution in [3.8, 4) is 11.4 Å². The van der Waals surface area contributed by atoms with Crippen LogP contribution >= 0.6 is 0 Å². The lowest BCUT2D eigenvalue weighted by atomic mass is 9.34. The molecule has 7 rings (SSSR count). The molecule has 0 aromatic carbocycles. The van der Waals surface area contributed by atoms with Gasteiger partial charge in [-0.2, -0.15) is 5.10 Å². The second-order valence-corrected chi connectivity index (χ2v) is 19.4. The van der Waals surface area contributed by atoms with E-state index in [1.165, 1.54) is 5.57 Å². The molecule has 1 unspecified atom stereocenters. The molecular weight excluding hydrogens is 663 g/mol. The quantitative estimate of drug-likeness (QED) is 0.221. The van der Waals surface area contributed by atoms with Gasteiger partial charge in [-0.25, -0.2) is 9.67 Å². The zero-order valence-corrected chi connectivity index (χ0v) is 34.2. The van der Waals surface area contributed by atoms with Crippen LogP contribution in [0.2, 0.25) is 0 Å². The molecule has 4 aliphatic carbocycles. The van der Waals surface area contributed by atoms with E-state index in [4.69, 9.17) is 19.6 Å². The van der Waals surface area contributed by atoms with Gasteiger partial charge in [0.05, 0.1) is 37.9 Å². The van der Waals surface area contributed by atoms with Gasteiger partial charge < -0.3 is 19.9 Å². The zero-order valence-electron chi connectivity index (χ0n) is 34.2. The van der Waals surface area contributed by atoms with E-state index in [-0.39, 0.29) is 44.8 Å². The number of carboxylic acid groups (broad SMARTS) is 1. The van der Waals surface area contributed by atoms with Crippen molar-refractivity contribution >= 4 is 5.97 Å². The van der Waals surface area contributed by atoms with Crippen LogP contribution in [0, 0.1) is 56.7 Å². The van der Waals surface area contributed by atoms with E-state index >= 15 is 0 Å². The van der Waals surface area contributed by atoms with Crippen molar-refractivity contribution in [1.82, 2.24) is 25.1 Å². The summed E-state index contributed by atoms with van der Waals surface area (Å²) in [5, 5.41) is 19.8. The first-order valence-electron chi connectivity index (χ1n) is 20.7. The van der Waals surface area contributed by atoms with Crippen molar-refractivity contribution in [1.29, 1.82) is 0 Å². The van der Waals surface area contributed by atoms with E-state index in [2.05, 4.69) is 90.4 Å². The molecule has 0 spiro atoms. The van der Waals surface area contributed by atoms with Crippen molar-refractivity contribution in [2.75, 3.05) is 26.9 Å². The third kappa shape index (κ3) is 5.47. The van der Waals surface area contributed by atoms with E-state index in [1.807, 2.05) is 24.5 Å². The number of fused-ring (bicyclic) bond motifs is 3. The van der Waals surface area contributed by atoms with E-state index in [0.717, 1.165) is 62.8 Å². The number of nitrogens with one attached hydrogen (secondary N) is 1. The van der Waals surface area contributed by atoms with E-state index < -0.39 is 11.9 Å². The lowest BCUT2D eigenvalue weighted by Crippen LogP contribution is -2.69. The Morgan fingerprint density at radius 3 is 2.43 bits per heavy atom. The summed E-state index contributed by atoms with van der Waals surface area (Å²) in [7, 11) is 2.06. The summed E-state index contributed by atoms with van der Waals surface area (Å²) in [5.41, 5.74) is 1.18. The number of likely N-dealkylation sites (N-methyl/N-ethyl adjacent to an activating group) is 1. The average Bonchev–Trinajstić information content (AvgIpc) is 3.63. The minimum absolute atomic E-state index is 0.0665. The van der Waals surface area contributed by atoms with Gasteiger partial charge in [-0.05, 0) is 110 Å². The van der Waals surface area contributed by atoms with Gasteiger partial charge in [0, 0.05) is 34.3 Å². The van der Waals surface area contributed by atoms with Gasteiger partial charge in [0.1, 0.15) is 6.33 Å². The topological polar surface area (TPSA) is 111 Å². The van der Waals surface area contributed by atoms with Crippen LogP contribution in [0.15, 0.2) is 42.5 Å². The number of carbonyl (C=O) groups is 1. The number of pyridine rings is 1. The van der Waals surface area contributed by atoms with E-state index in [0.29, 0.717) is 43.5 Å². The van der Waals surface area contributed by atoms with Gasteiger partial charge in [-0.15, -0.1) is 0 Å². The summed E-state index contributed by atoms with van der Waals surface area (Å²) < 4.78 is 16.3. The second kappa shape index (κ2) is 13.5. The van der Waals surface area contributed by atoms with Crippen LogP contribution in [-0.2, 0) is 14.3 Å². The first-order chi connectivity index (χ1) is 25.1. The molecule has 9 heteroatoms. The van der Waals surface area contributed by atoms with Crippen LogP contribution in [-0.4, -0.2) is 69.3 Å². The number of nitrogens with zero attached hydrogens (tertiary/aromatic N) is 4. The fourth-order valence-corrected chi connectivity index (χ4v) is 13.5. The number of aromatic nitrogens is 4. The molecule has 1 saturated heterocycles. The molecule has 2 N–H and O–H groups in total. The Bertz CT molecular complexity index is 1680. The Balaban J connectivity index is 1.35. The maximum atomic E-state index is 13.6. The molecule has 2 bridgehead atoms. The number of rotatable bonds is 11. The summed E-state index contributed by atoms with van der Waals surface area (Å²) >= 11 is 0. The predicted octanol–water partition coefficient (Wildman–Crippen LogP) is 8.63. The summed E-state index contributed by atoms with van der Waals surface area (Å²) in [4.78, 5) is 22.7. The van der Waals surface area contributed by atoms with E-state index in [1.54, 1.807) is 6.33 Å². The summed E-state index contributed by atoms with van der Waals surface area (Å²) in [5.74, 6) is 1.23. The molecule has 3 saturated carbocycles. The number of carboxylic acids is 1. The fourth-order valence-electron chi connectivity index (χ4n) is 13.5. The highest BCUT2D eigenvalue weighted by Crippen LogP contribution is 2.75. The number of hydrogen-bond donors (Lipinski definition) is 2. The largest absolute Gasteiger partial charge is 0.481 e. The van der Waals surface area contributed by atoms with Crippen LogP contribution in [0.1, 0.15) is 120 Å². The van der Waals surface area contributed by atoms with E-state index in [9.17, 15) is 9.90 Å². The molecule has 1 aliphatic heterocycles. The Hall–Kier alpha value is -2.62. The Morgan fingerprint density at radius 2 is 1.79 bits per heavy atom. The third-order valence-electron chi connectivity index (χ3n) is 17.3. The van der Waals surface area contributed by atoms with Crippen LogP contribution in [0.5, 0.6) is 0 Å². The SMILES string of the molecule is CCC(CC)(CO[C@H]1[C@H](n2ncnc2-c2ccncc2)CC23COC[C@@]1(C)[C@@H]2CC[C@H]1C3=CC[C@@]2(C)[C@H](C(=O)O)[C@@](C)([C@H](C)C(C)C)CC[C@]12C)NC. The minimum Gasteiger partial charge on any atom is -0.481 e. The van der Waals surface area contributed by atoms with Gasteiger partial charge in [0.15, 0.2) is 5.82 Å².